The Labute approximate surface area is 117 Å². The Morgan fingerprint density at radius 1 is 1.05 bits per heavy atom. The van der Waals surface area contributed by atoms with Gasteiger partial charge in [0, 0.05) is 33.4 Å². The van der Waals surface area contributed by atoms with E-state index >= 15 is 0 Å². The number of nitrogens with one attached hydrogen (secondary N) is 1. The van der Waals surface area contributed by atoms with Crippen LogP contribution < -0.4 is 5.32 Å². The van der Waals surface area contributed by atoms with Crippen LogP contribution in [0, 0.1) is 0 Å². The molecule has 0 amide bonds. The number of ether oxygens (including phenoxy) is 2. The number of rotatable bonds is 10. The smallest absolute Gasteiger partial charge is 0.0591 e. The monoisotopic (exact) mass is 265 g/mol. The second-order valence-electron chi connectivity index (χ2n) is 5.03. The summed E-state index contributed by atoms with van der Waals surface area (Å²) < 4.78 is 10.4. The van der Waals surface area contributed by atoms with E-state index in [1.807, 2.05) is 0 Å². The van der Waals surface area contributed by atoms with Crippen LogP contribution in [0.4, 0.5) is 0 Å². The molecule has 1 N–H and O–H groups in total. The molecule has 0 bridgehead atoms. The zero-order chi connectivity index (χ0) is 13.9. The van der Waals surface area contributed by atoms with Crippen molar-refractivity contribution in [3.05, 3.63) is 35.4 Å². The van der Waals surface area contributed by atoms with Gasteiger partial charge in [-0.1, -0.05) is 38.1 Å². The topological polar surface area (TPSA) is 30.5 Å². The van der Waals surface area contributed by atoms with E-state index < -0.39 is 0 Å². The minimum atomic E-state index is 0.600. The minimum absolute atomic E-state index is 0.600. The predicted molar refractivity (Wildman–Crippen MR) is 79.5 cm³/mol. The van der Waals surface area contributed by atoms with Crippen molar-refractivity contribution in [1.82, 2.24) is 5.32 Å². The van der Waals surface area contributed by atoms with Gasteiger partial charge in [-0.2, -0.15) is 0 Å². The Morgan fingerprint density at radius 3 is 2.42 bits per heavy atom. The molecule has 0 aromatic heterocycles. The summed E-state index contributed by atoms with van der Waals surface area (Å²) in [6.07, 6.45) is 0.965. The molecule has 1 aromatic rings. The van der Waals surface area contributed by atoms with Gasteiger partial charge in [0.25, 0.3) is 0 Å². The van der Waals surface area contributed by atoms with Crippen LogP contribution in [0.1, 0.15) is 37.3 Å². The summed E-state index contributed by atoms with van der Waals surface area (Å²) in [6.45, 7) is 8.53. The number of hydrogen-bond acceptors (Lipinski definition) is 3. The highest BCUT2D eigenvalue weighted by molar-refractivity contribution is 5.24. The molecule has 0 saturated carbocycles. The van der Waals surface area contributed by atoms with Crippen molar-refractivity contribution in [1.29, 1.82) is 0 Å². The van der Waals surface area contributed by atoms with Crippen LogP contribution in [0.2, 0.25) is 0 Å². The summed E-state index contributed by atoms with van der Waals surface area (Å²) in [6, 6.07) is 8.81. The van der Waals surface area contributed by atoms with E-state index in [0.717, 1.165) is 39.3 Å². The fourth-order valence-corrected chi connectivity index (χ4v) is 1.80. The molecule has 0 aliphatic carbocycles. The van der Waals surface area contributed by atoms with Gasteiger partial charge in [-0.15, -0.1) is 0 Å². The zero-order valence-electron chi connectivity index (χ0n) is 12.4. The van der Waals surface area contributed by atoms with Gasteiger partial charge in [-0.05, 0) is 23.5 Å². The standard InChI is InChI=1S/C16H27NO2/c1-14(2)16-7-5-15(6-8-16)13-17-9-12-19-11-4-10-18-3/h5-8,14,17H,4,9-13H2,1-3H3. The van der Waals surface area contributed by atoms with Gasteiger partial charge in [-0.25, -0.2) is 0 Å². The molecular formula is C16H27NO2. The van der Waals surface area contributed by atoms with Crippen molar-refractivity contribution in [3.8, 4) is 0 Å². The zero-order valence-corrected chi connectivity index (χ0v) is 12.4. The third-order valence-corrected chi connectivity index (χ3v) is 3.04. The van der Waals surface area contributed by atoms with Crippen LogP contribution in [-0.2, 0) is 16.0 Å². The number of hydrogen-bond donors (Lipinski definition) is 1. The van der Waals surface area contributed by atoms with Crippen molar-refractivity contribution in [2.24, 2.45) is 0 Å². The lowest BCUT2D eigenvalue weighted by molar-refractivity contribution is 0.104. The van der Waals surface area contributed by atoms with E-state index in [4.69, 9.17) is 9.47 Å². The Hall–Kier alpha value is -0.900. The molecule has 3 nitrogen and oxygen atoms in total. The lowest BCUT2D eigenvalue weighted by atomic mass is 10.0. The fraction of sp³-hybridized carbons (Fsp3) is 0.625. The first-order chi connectivity index (χ1) is 9.24. The van der Waals surface area contributed by atoms with E-state index in [1.54, 1.807) is 7.11 Å². The van der Waals surface area contributed by atoms with Gasteiger partial charge in [0.05, 0.1) is 6.61 Å². The highest BCUT2D eigenvalue weighted by Gasteiger charge is 1.98. The average Bonchev–Trinajstić information content (AvgIpc) is 2.42. The van der Waals surface area contributed by atoms with E-state index in [-0.39, 0.29) is 0 Å². The molecule has 0 aliphatic rings. The molecule has 0 aliphatic heterocycles. The van der Waals surface area contributed by atoms with Gasteiger partial charge < -0.3 is 14.8 Å². The maximum atomic E-state index is 5.48. The average molecular weight is 265 g/mol. The SMILES string of the molecule is COCCCOCCNCc1ccc(C(C)C)cc1. The second kappa shape index (κ2) is 9.96. The van der Waals surface area contributed by atoms with Crippen LogP contribution in [0.5, 0.6) is 0 Å². The molecule has 0 radical (unpaired) electrons. The van der Waals surface area contributed by atoms with Crippen LogP contribution in [0.15, 0.2) is 24.3 Å². The Morgan fingerprint density at radius 2 is 1.79 bits per heavy atom. The normalized spacial score (nSPS) is 11.2. The molecule has 108 valence electrons. The van der Waals surface area contributed by atoms with Crippen LogP contribution >= 0.6 is 0 Å². The van der Waals surface area contributed by atoms with Crippen molar-refractivity contribution in [3.63, 3.8) is 0 Å². The molecule has 0 unspecified atom stereocenters. The molecule has 0 atom stereocenters. The summed E-state index contributed by atoms with van der Waals surface area (Å²) in [5, 5.41) is 3.39. The first kappa shape index (κ1) is 16.2. The van der Waals surface area contributed by atoms with Crippen molar-refractivity contribution >= 4 is 0 Å². The van der Waals surface area contributed by atoms with Crippen molar-refractivity contribution in [2.75, 3.05) is 33.5 Å². The van der Waals surface area contributed by atoms with Crippen LogP contribution in [0.25, 0.3) is 0 Å². The minimum Gasteiger partial charge on any atom is -0.385 e. The van der Waals surface area contributed by atoms with E-state index in [2.05, 4.69) is 43.4 Å². The molecule has 1 aromatic carbocycles. The van der Waals surface area contributed by atoms with Gasteiger partial charge >= 0.3 is 0 Å². The molecule has 0 saturated heterocycles. The largest absolute Gasteiger partial charge is 0.385 e. The molecule has 19 heavy (non-hydrogen) atoms. The van der Waals surface area contributed by atoms with Crippen molar-refractivity contribution < 1.29 is 9.47 Å². The number of benzene rings is 1. The van der Waals surface area contributed by atoms with E-state index in [0.29, 0.717) is 5.92 Å². The third kappa shape index (κ3) is 7.31. The maximum Gasteiger partial charge on any atom is 0.0591 e. The summed E-state index contributed by atoms with van der Waals surface area (Å²) in [5.41, 5.74) is 2.72. The summed E-state index contributed by atoms with van der Waals surface area (Å²) in [7, 11) is 1.71. The van der Waals surface area contributed by atoms with Gasteiger partial charge in [0.15, 0.2) is 0 Å². The van der Waals surface area contributed by atoms with Crippen LogP contribution in [-0.4, -0.2) is 33.5 Å². The molecule has 1 rings (SSSR count). The lowest BCUT2D eigenvalue weighted by Crippen LogP contribution is -2.19. The van der Waals surface area contributed by atoms with E-state index in [1.165, 1.54) is 11.1 Å². The van der Waals surface area contributed by atoms with Gasteiger partial charge in [0.2, 0.25) is 0 Å². The number of methoxy groups -OCH3 is 1. The molecule has 0 heterocycles. The quantitative estimate of drug-likeness (QED) is 0.660. The summed E-state index contributed by atoms with van der Waals surface area (Å²) >= 11 is 0. The molecule has 0 spiro atoms. The fourth-order valence-electron chi connectivity index (χ4n) is 1.80. The molecular weight excluding hydrogens is 238 g/mol. The van der Waals surface area contributed by atoms with Gasteiger partial charge in [0.1, 0.15) is 0 Å². The summed E-state index contributed by atoms with van der Waals surface area (Å²) in [4.78, 5) is 0. The highest BCUT2D eigenvalue weighted by atomic mass is 16.5. The van der Waals surface area contributed by atoms with Gasteiger partial charge in [-0.3, -0.25) is 0 Å². The third-order valence-electron chi connectivity index (χ3n) is 3.04. The maximum absolute atomic E-state index is 5.48. The first-order valence-corrected chi connectivity index (χ1v) is 7.10. The second-order valence-corrected chi connectivity index (χ2v) is 5.03. The highest BCUT2D eigenvalue weighted by Crippen LogP contribution is 2.14. The molecule has 0 fully saturated rings. The Bertz CT molecular complexity index is 322. The Kier molecular flexibility index (Phi) is 8.47. The van der Waals surface area contributed by atoms with E-state index in [9.17, 15) is 0 Å². The summed E-state index contributed by atoms with van der Waals surface area (Å²) in [5.74, 6) is 0.600. The van der Waals surface area contributed by atoms with Crippen molar-refractivity contribution in [2.45, 2.75) is 32.7 Å². The lowest BCUT2D eigenvalue weighted by Gasteiger charge is -2.08. The van der Waals surface area contributed by atoms with Crippen LogP contribution in [0.3, 0.4) is 0 Å². The Balaban J connectivity index is 2.06. The first-order valence-electron chi connectivity index (χ1n) is 7.10. The molecule has 3 heteroatoms. The predicted octanol–water partition coefficient (Wildman–Crippen LogP) is 2.95.